The number of halogens is 2. The van der Waals surface area contributed by atoms with Crippen molar-refractivity contribution < 1.29 is 25.2 Å². The summed E-state index contributed by atoms with van der Waals surface area (Å²) in [4.78, 5) is 10.4. The summed E-state index contributed by atoms with van der Waals surface area (Å²) < 4.78 is 0. The molecule has 20 heavy (non-hydrogen) atoms. The summed E-state index contributed by atoms with van der Waals surface area (Å²) >= 11 is 11.7. The van der Waals surface area contributed by atoms with Crippen molar-refractivity contribution in [1.82, 2.24) is 0 Å². The van der Waals surface area contributed by atoms with Gasteiger partial charge in [0, 0.05) is 10.0 Å². The molecule has 1 aromatic rings. The first-order valence-corrected chi connectivity index (χ1v) is 6.76. The molecule has 0 radical (unpaired) electrons. The third kappa shape index (κ3) is 5.26. The van der Waals surface area contributed by atoms with E-state index in [0.717, 1.165) is 5.56 Å². The van der Waals surface area contributed by atoms with Gasteiger partial charge in [0.25, 0.3) is 0 Å². The highest BCUT2D eigenvalue weighted by Crippen LogP contribution is 2.23. The number of hydrogen-bond donors (Lipinski definition) is 4. The summed E-state index contributed by atoms with van der Waals surface area (Å²) in [5.74, 6) is -1.25. The highest BCUT2D eigenvalue weighted by molar-refractivity contribution is 6.35. The molecule has 0 aliphatic rings. The molecule has 0 unspecified atom stereocenters. The zero-order chi connectivity index (χ0) is 15.3. The van der Waals surface area contributed by atoms with E-state index in [2.05, 4.69) is 0 Å². The molecule has 3 atom stereocenters. The van der Waals surface area contributed by atoms with E-state index in [1.807, 2.05) is 0 Å². The number of aliphatic hydroxyl groups excluding tert-OH is 3. The minimum Gasteiger partial charge on any atom is -0.481 e. The van der Waals surface area contributed by atoms with Crippen LogP contribution in [-0.4, -0.2) is 44.7 Å². The first-order valence-electron chi connectivity index (χ1n) is 6.01. The van der Waals surface area contributed by atoms with E-state index in [4.69, 9.17) is 28.3 Å². The predicted octanol–water partition coefficient (Wildman–Crippen LogP) is 1.48. The van der Waals surface area contributed by atoms with Crippen LogP contribution in [0.3, 0.4) is 0 Å². The van der Waals surface area contributed by atoms with E-state index >= 15 is 0 Å². The Kier molecular flexibility index (Phi) is 6.71. The van der Waals surface area contributed by atoms with E-state index in [-0.39, 0.29) is 6.42 Å². The van der Waals surface area contributed by atoms with Crippen LogP contribution in [0.1, 0.15) is 18.4 Å². The Morgan fingerprint density at radius 3 is 2.35 bits per heavy atom. The lowest BCUT2D eigenvalue weighted by Crippen LogP contribution is -2.38. The summed E-state index contributed by atoms with van der Waals surface area (Å²) in [5, 5.41) is 38.2. The van der Waals surface area contributed by atoms with E-state index in [1.165, 1.54) is 0 Å². The van der Waals surface area contributed by atoms with Crippen LogP contribution in [0, 0.1) is 0 Å². The maximum Gasteiger partial charge on any atom is 0.306 e. The predicted molar refractivity (Wildman–Crippen MR) is 75.1 cm³/mol. The van der Waals surface area contributed by atoms with Gasteiger partial charge in [-0.1, -0.05) is 29.3 Å². The van der Waals surface area contributed by atoms with E-state index in [0.29, 0.717) is 16.5 Å². The maximum atomic E-state index is 10.4. The van der Waals surface area contributed by atoms with Crippen molar-refractivity contribution in [3.63, 3.8) is 0 Å². The van der Waals surface area contributed by atoms with Gasteiger partial charge < -0.3 is 20.4 Å². The van der Waals surface area contributed by atoms with Gasteiger partial charge in [-0.2, -0.15) is 0 Å². The third-order valence-electron chi connectivity index (χ3n) is 2.90. The van der Waals surface area contributed by atoms with Crippen molar-refractivity contribution in [2.75, 3.05) is 0 Å². The summed E-state index contributed by atoms with van der Waals surface area (Å²) in [6.07, 6.45) is -4.39. The van der Waals surface area contributed by atoms with E-state index in [1.54, 1.807) is 18.2 Å². The summed E-state index contributed by atoms with van der Waals surface area (Å²) in [6, 6.07) is 4.93. The second kappa shape index (κ2) is 7.81. The van der Waals surface area contributed by atoms with Gasteiger partial charge in [0.05, 0.1) is 18.6 Å². The molecule has 0 aliphatic heterocycles. The highest BCUT2D eigenvalue weighted by atomic mass is 35.5. The lowest BCUT2D eigenvalue weighted by atomic mass is 9.99. The fourth-order valence-corrected chi connectivity index (χ4v) is 2.26. The van der Waals surface area contributed by atoms with Gasteiger partial charge in [-0.25, -0.2) is 0 Å². The zero-order valence-corrected chi connectivity index (χ0v) is 12.1. The number of aryl methyl sites for hydroxylation is 1. The Morgan fingerprint density at radius 1 is 1.15 bits per heavy atom. The van der Waals surface area contributed by atoms with Crippen LogP contribution in [-0.2, 0) is 11.2 Å². The fraction of sp³-hybridized carbons (Fsp3) is 0.462. The van der Waals surface area contributed by atoms with Crippen molar-refractivity contribution in [1.29, 1.82) is 0 Å². The van der Waals surface area contributed by atoms with Crippen LogP contribution in [0.4, 0.5) is 0 Å². The Labute approximate surface area is 126 Å². The van der Waals surface area contributed by atoms with Crippen molar-refractivity contribution in [3.8, 4) is 0 Å². The number of carbonyl (C=O) groups is 1. The molecule has 0 aliphatic carbocycles. The molecular formula is C13H16Cl2O5. The van der Waals surface area contributed by atoms with Crippen molar-refractivity contribution in [2.24, 2.45) is 0 Å². The normalized spacial score (nSPS) is 15.7. The van der Waals surface area contributed by atoms with Crippen LogP contribution < -0.4 is 0 Å². The second-order valence-electron chi connectivity index (χ2n) is 4.50. The molecule has 0 heterocycles. The Bertz CT molecular complexity index is 466. The van der Waals surface area contributed by atoms with Gasteiger partial charge in [-0.05, 0) is 30.5 Å². The molecule has 4 N–H and O–H groups in total. The number of rotatable bonds is 7. The molecule has 0 saturated carbocycles. The summed E-state index contributed by atoms with van der Waals surface area (Å²) in [7, 11) is 0. The van der Waals surface area contributed by atoms with E-state index < -0.39 is 30.7 Å². The monoisotopic (exact) mass is 322 g/mol. The lowest BCUT2D eigenvalue weighted by molar-refractivity contribution is -0.143. The highest BCUT2D eigenvalue weighted by Gasteiger charge is 2.26. The van der Waals surface area contributed by atoms with Gasteiger partial charge in [0.15, 0.2) is 0 Å². The van der Waals surface area contributed by atoms with E-state index in [9.17, 15) is 20.1 Å². The van der Waals surface area contributed by atoms with Crippen LogP contribution in [0.2, 0.25) is 10.0 Å². The van der Waals surface area contributed by atoms with Gasteiger partial charge >= 0.3 is 5.97 Å². The number of carboxylic acids is 1. The molecule has 0 bridgehead atoms. The molecule has 112 valence electrons. The van der Waals surface area contributed by atoms with Gasteiger partial charge in [-0.3, -0.25) is 4.79 Å². The average Bonchev–Trinajstić information content (AvgIpc) is 2.35. The number of carboxylic acid groups (broad SMARTS) is 1. The molecule has 5 nitrogen and oxygen atoms in total. The fourth-order valence-electron chi connectivity index (χ4n) is 1.75. The number of benzene rings is 1. The van der Waals surface area contributed by atoms with Crippen LogP contribution in [0.25, 0.3) is 0 Å². The van der Waals surface area contributed by atoms with Crippen LogP contribution in [0.15, 0.2) is 18.2 Å². The van der Waals surface area contributed by atoms with Crippen LogP contribution in [0.5, 0.6) is 0 Å². The minimum atomic E-state index is -1.52. The second-order valence-corrected chi connectivity index (χ2v) is 5.34. The molecular weight excluding hydrogens is 307 g/mol. The molecule has 1 rings (SSSR count). The summed E-state index contributed by atoms with van der Waals surface area (Å²) in [6.45, 7) is 0. The quantitative estimate of drug-likeness (QED) is 0.609. The zero-order valence-electron chi connectivity index (χ0n) is 10.5. The summed E-state index contributed by atoms with van der Waals surface area (Å²) in [5.41, 5.74) is 0.745. The number of hydrogen-bond acceptors (Lipinski definition) is 4. The molecule has 0 aromatic heterocycles. The molecule has 7 heteroatoms. The Morgan fingerprint density at radius 2 is 1.80 bits per heavy atom. The van der Waals surface area contributed by atoms with Gasteiger partial charge in [-0.15, -0.1) is 0 Å². The molecule has 0 amide bonds. The first-order chi connectivity index (χ1) is 9.31. The Balaban J connectivity index is 2.53. The number of aliphatic hydroxyl groups is 3. The van der Waals surface area contributed by atoms with Crippen molar-refractivity contribution in [3.05, 3.63) is 33.8 Å². The Hall–Kier alpha value is -0.850. The van der Waals surface area contributed by atoms with Crippen molar-refractivity contribution >= 4 is 29.2 Å². The van der Waals surface area contributed by atoms with Gasteiger partial charge in [0.2, 0.25) is 0 Å². The maximum absolute atomic E-state index is 10.4. The topological polar surface area (TPSA) is 98.0 Å². The average molecular weight is 323 g/mol. The lowest BCUT2D eigenvalue weighted by Gasteiger charge is -2.22. The number of aliphatic carboxylic acids is 1. The molecule has 0 spiro atoms. The molecule has 0 fully saturated rings. The smallest absolute Gasteiger partial charge is 0.306 e. The third-order valence-corrected chi connectivity index (χ3v) is 3.48. The standard InChI is InChI=1S/C13H16Cl2O5/c14-8-3-1-7(9(15)5-8)2-4-10(16)13(20)11(17)6-12(18)19/h1,3,5,10-11,13,16-17,20H,2,4,6H2,(H,18,19)/t10-,11+,13+/m1/s1. The molecule has 0 saturated heterocycles. The molecule has 1 aromatic carbocycles. The van der Waals surface area contributed by atoms with Crippen molar-refractivity contribution in [2.45, 2.75) is 37.6 Å². The minimum absolute atomic E-state index is 0.138. The van der Waals surface area contributed by atoms with Crippen LogP contribution >= 0.6 is 23.2 Å². The van der Waals surface area contributed by atoms with Gasteiger partial charge in [0.1, 0.15) is 6.10 Å². The SMILES string of the molecule is O=C(O)C[C@H](O)[C@@H](O)[C@H](O)CCc1ccc(Cl)cc1Cl. The first kappa shape index (κ1) is 17.2. The largest absolute Gasteiger partial charge is 0.481 e.